The molecule has 0 aliphatic rings. The largest absolute Gasteiger partial charge is 0.350 e. The minimum absolute atomic E-state index is 0.00965. The van der Waals surface area contributed by atoms with E-state index in [1.807, 2.05) is 30.3 Å². The number of unbranched alkanes of at least 4 members (excludes halogenated alkanes) is 2. The molecule has 0 bridgehead atoms. The molecule has 2 nitrogen and oxygen atoms in total. The predicted octanol–water partition coefficient (Wildman–Crippen LogP) is 4.09. The Labute approximate surface area is 116 Å². The maximum atomic E-state index is 11.7. The van der Waals surface area contributed by atoms with Crippen LogP contribution in [0.15, 0.2) is 30.3 Å². The minimum atomic E-state index is -0.00965. The molecule has 0 radical (unpaired) electrons. The third kappa shape index (κ3) is 6.80. The summed E-state index contributed by atoms with van der Waals surface area (Å²) in [7, 11) is 0. The molecule has 1 aromatic rings. The van der Waals surface area contributed by atoms with Crippen molar-refractivity contribution < 1.29 is 4.79 Å². The van der Waals surface area contributed by atoms with Crippen molar-refractivity contribution in [1.29, 1.82) is 0 Å². The van der Waals surface area contributed by atoms with Crippen LogP contribution in [-0.2, 0) is 4.79 Å². The summed E-state index contributed by atoms with van der Waals surface area (Å²) in [6.45, 7) is 6.30. The van der Waals surface area contributed by atoms with Gasteiger partial charge in [0.15, 0.2) is 0 Å². The van der Waals surface area contributed by atoms with Crippen LogP contribution in [0.25, 0.3) is 6.08 Å². The Morgan fingerprint density at radius 2 is 1.95 bits per heavy atom. The Bertz CT molecular complexity index is 406. The Hall–Kier alpha value is -1.57. The van der Waals surface area contributed by atoms with Gasteiger partial charge in [-0.15, -0.1) is 0 Å². The van der Waals surface area contributed by atoms with Crippen LogP contribution in [0.3, 0.4) is 0 Å². The fourth-order valence-electron chi connectivity index (χ4n) is 1.91. The van der Waals surface area contributed by atoms with Gasteiger partial charge in [-0.2, -0.15) is 0 Å². The maximum absolute atomic E-state index is 11.7. The van der Waals surface area contributed by atoms with E-state index in [1.165, 1.54) is 24.8 Å². The van der Waals surface area contributed by atoms with Crippen LogP contribution in [0.5, 0.6) is 0 Å². The highest BCUT2D eigenvalue weighted by molar-refractivity contribution is 5.91. The smallest absolute Gasteiger partial charge is 0.244 e. The van der Waals surface area contributed by atoms with Crippen molar-refractivity contribution in [3.63, 3.8) is 0 Å². The minimum Gasteiger partial charge on any atom is -0.350 e. The Balaban J connectivity index is 2.35. The first-order valence-corrected chi connectivity index (χ1v) is 7.17. The van der Waals surface area contributed by atoms with Gasteiger partial charge in [-0.05, 0) is 31.9 Å². The van der Waals surface area contributed by atoms with Gasteiger partial charge in [-0.25, -0.2) is 0 Å². The van der Waals surface area contributed by atoms with Gasteiger partial charge in [-0.3, -0.25) is 4.79 Å². The van der Waals surface area contributed by atoms with Crippen LogP contribution >= 0.6 is 0 Å². The van der Waals surface area contributed by atoms with Crippen molar-refractivity contribution in [3.05, 3.63) is 41.5 Å². The van der Waals surface area contributed by atoms with E-state index in [0.29, 0.717) is 0 Å². The van der Waals surface area contributed by atoms with Crippen molar-refractivity contribution in [2.75, 3.05) is 0 Å². The van der Waals surface area contributed by atoms with Gasteiger partial charge in [0.2, 0.25) is 5.91 Å². The van der Waals surface area contributed by atoms with Crippen molar-refractivity contribution in [1.82, 2.24) is 5.32 Å². The number of rotatable bonds is 7. The average Bonchev–Trinajstić information content (AvgIpc) is 2.38. The summed E-state index contributed by atoms with van der Waals surface area (Å²) in [5.41, 5.74) is 2.28. The van der Waals surface area contributed by atoms with E-state index in [9.17, 15) is 4.79 Å². The monoisotopic (exact) mass is 259 g/mol. The van der Waals surface area contributed by atoms with Crippen molar-refractivity contribution in [2.24, 2.45) is 0 Å². The lowest BCUT2D eigenvalue weighted by atomic mass is 10.1. The SMILES string of the molecule is CCCCC[C@@H](C)NC(=O)/C=C\c1ccc(C)cc1. The van der Waals surface area contributed by atoms with Crippen LogP contribution in [-0.4, -0.2) is 11.9 Å². The molecule has 0 unspecified atom stereocenters. The van der Waals surface area contributed by atoms with Gasteiger partial charge in [0.1, 0.15) is 0 Å². The number of carbonyl (C=O) groups is 1. The van der Waals surface area contributed by atoms with Crippen molar-refractivity contribution in [3.8, 4) is 0 Å². The zero-order valence-electron chi connectivity index (χ0n) is 12.3. The second-order valence-corrected chi connectivity index (χ2v) is 5.15. The summed E-state index contributed by atoms with van der Waals surface area (Å²) in [5.74, 6) is -0.00965. The highest BCUT2D eigenvalue weighted by atomic mass is 16.1. The molecule has 1 aromatic carbocycles. The highest BCUT2D eigenvalue weighted by Crippen LogP contribution is 2.05. The van der Waals surface area contributed by atoms with Crippen LogP contribution < -0.4 is 5.32 Å². The molecular formula is C17H25NO. The van der Waals surface area contributed by atoms with Crippen LogP contribution in [0.4, 0.5) is 0 Å². The Morgan fingerprint density at radius 3 is 2.58 bits per heavy atom. The van der Waals surface area contributed by atoms with Gasteiger partial charge >= 0.3 is 0 Å². The second-order valence-electron chi connectivity index (χ2n) is 5.15. The van der Waals surface area contributed by atoms with E-state index in [1.54, 1.807) is 6.08 Å². The van der Waals surface area contributed by atoms with Crippen LogP contribution in [0, 0.1) is 6.92 Å². The molecule has 0 aliphatic heterocycles. The molecule has 19 heavy (non-hydrogen) atoms. The normalized spacial score (nSPS) is 12.6. The Morgan fingerprint density at radius 1 is 1.26 bits per heavy atom. The van der Waals surface area contributed by atoms with E-state index < -0.39 is 0 Å². The van der Waals surface area contributed by atoms with E-state index >= 15 is 0 Å². The maximum Gasteiger partial charge on any atom is 0.244 e. The van der Waals surface area contributed by atoms with Crippen LogP contribution in [0.1, 0.15) is 50.7 Å². The number of carbonyl (C=O) groups excluding carboxylic acids is 1. The third-order valence-corrected chi connectivity index (χ3v) is 3.13. The summed E-state index contributed by atoms with van der Waals surface area (Å²) in [5, 5.41) is 2.99. The van der Waals surface area contributed by atoms with Gasteiger partial charge in [0, 0.05) is 12.1 Å². The molecule has 104 valence electrons. The molecular weight excluding hydrogens is 234 g/mol. The summed E-state index contributed by atoms with van der Waals surface area (Å²) >= 11 is 0. The summed E-state index contributed by atoms with van der Waals surface area (Å²) in [4.78, 5) is 11.7. The number of aryl methyl sites for hydroxylation is 1. The van der Waals surface area contributed by atoms with Gasteiger partial charge in [0.05, 0.1) is 0 Å². The van der Waals surface area contributed by atoms with Gasteiger partial charge in [0.25, 0.3) is 0 Å². The van der Waals surface area contributed by atoms with Crippen LogP contribution in [0.2, 0.25) is 0 Å². The molecule has 0 fully saturated rings. The number of amides is 1. The van der Waals surface area contributed by atoms with Crippen molar-refractivity contribution >= 4 is 12.0 Å². The zero-order valence-corrected chi connectivity index (χ0v) is 12.3. The lowest BCUT2D eigenvalue weighted by molar-refractivity contribution is -0.117. The number of hydrogen-bond donors (Lipinski definition) is 1. The van der Waals surface area contributed by atoms with E-state index in [2.05, 4.69) is 26.1 Å². The first-order chi connectivity index (χ1) is 9.11. The summed E-state index contributed by atoms with van der Waals surface area (Å²) in [6.07, 6.45) is 8.15. The molecule has 0 aromatic heterocycles. The van der Waals surface area contributed by atoms with Gasteiger partial charge in [-0.1, -0.05) is 56.0 Å². The topological polar surface area (TPSA) is 29.1 Å². The predicted molar refractivity (Wildman–Crippen MR) is 82.0 cm³/mol. The van der Waals surface area contributed by atoms with E-state index in [-0.39, 0.29) is 11.9 Å². The first kappa shape index (κ1) is 15.5. The summed E-state index contributed by atoms with van der Waals surface area (Å²) < 4.78 is 0. The molecule has 2 heteroatoms. The fraction of sp³-hybridized carbons (Fsp3) is 0.471. The van der Waals surface area contributed by atoms with E-state index in [4.69, 9.17) is 0 Å². The summed E-state index contributed by atoms with van der Waals surface area (Å²) in [6, 6.07) is 8.38. The van der Waals surface area contributed by atoms with E-state index in [0.717, 1.165) is 12.0 Å². The van der Waals surface area contributed by atoms with Gasteiger partial charge < -0.3 is 5.32 Å². The molecule has 0 aliphatic carbocycles. The highest BCUT2D eigenvalue weighted by Gasteiger charge is 2.03. The molecule has 0 spiro atoms. The molecule has 1 atom stereocenters. The molecule has 1 N–H and O–H groups in total. The van der Waals surface area contributed by atoms with Crippen molar-refractivity contribution in [2.45, 2.75) is 52.5 Å². The Kier molecular flexibility index (Phi) is 6.94. The lowest BCUT2D eigenvalue weighted by Crippen LogP contribution is -2.30. The zero-order chi connectivity index (χ0) is 14.1. The molecule has 0 saturated heterocycles. The fourth-order valence-corrected chi connectivity index (χ4v) is 1.91. The standard InChI is InChI=1S/C17H25NO/c1-4-5-6-7-15(3)18-17(19)13-12-16-10-8-14(2)9-11-16/h8-13,15H,4-7H2,1-3H3,(H,18,19)/b13-12-/t15-/m1/s1. The first-order valence-electron chi connectivity index (χ1n) is 7.17. The lowest BCUT2D eigenvalue weighted by Gasteiger charge is -2.11. The quantitative estimate of drug-likeness (QED) is 0.580. The second kappa shape index (κ2) is 8.52. The average molecular weight is 259 g/mol. The number of hydrogen-bond acceptors (Lipinski definition) is 1. The molecule has 0 heterocycles. The molecule has 0 saturated carbocycles. The number of benzene rings is 1. The third-order valence-electron chi connectivity index (χ3n) is 3.13. The molecule has 1 amide bonds. The number of nitrogens with one attached hydrogen (secondary N) is 1. The molecule has 1 rings (SSSR count).